The summed E-state index contributed by atoms with van der Waals surface area (Å²) in [5, 5.41) is 3.03. The highest BCUT2D eigenvalue weighted by Crippen LogP contribution is 2.27. The maximum atomic E-state index is 12.9. The number of nitrogens with zero attached hydrogens (tertiary/aromatic N) is 1. The number of nitrogens with one attached hydrogen (secondary N) is 1. The van der Waals surface area contributed by atoms with Gasteiger partial charge in [0.15, 0.2) is 0 Å². The van der Waals surface area contributed by atoms with Gasteiger partial charge in [-0.2, -0.15) is 0 Å². The summed E-state index contributed by atoms with van der Waals surface area (Å²) in [7, 11) is -2.03. The van der Waals surface area contributed by atoms with Gasteiger partial charge in [0.1, 0.15) is 12.3 Å². The van der Waals surface area contributed by atoms with Gasteiger partial charge in [0.25, 0.3) is 0 Å². The molecule has 164 valence electrons. The quantitative estimate of drug-likeness (QED) is 0.650. The minimum atomic E-state index is -3.63. The Kier molecular flexibility index (Phi) is 7.89. The van der Waals surface area contributed by atoms with Gasteiger partial charge in [-0.1, -0.05) is 44.2 Å². The first-order chi connectivity index (χ1) is 14.0. The van der Waals surface area contributed by atoms with E-state index in [2.05, 4.69) is 19.2 Å². The molecule has 2 aromatic rings. The molecule has 6 nitrogen and oxygen atoms in total. The van der Waals surface area contributed by atoms with E-state index < -0.39 is 10.0 Å². The van der Waals surface area contributed by atoms with E-state index in [1.54, 1.807) is 7.11 Å². The van der Waals surface area contributed by atoms with Crippen LogP contribution in [0.5, 0.6) is 5.75 Å². The Bertz CT molecular complexity index is 949. The van der Waals surface area contributed by atoms with Crippen LogP contribution in [0.3, 0.4) is 0 Å². The molecule has 0 saturated carbocycles. The summed E-state index contributed by atoms with van der Waals surface area (Å²) in [6.07, 6.45) is 1.86. The number of benzene rings is 2. The Morgan fingerprint density at radius 1 is 1.07 bits per heavy atom. The SMILES string of the molecule is COc1ccc([C@@H](CC(C)C)NC(=O)CN(c2c(C)cccc2C)S(C)(=O)=O)cc1. The molecular weight excluding hydrogens is 400 g/mol. The van der Waals surface area contributed by atoms with Crippen molar-refractivity contribution in [2.75, 3.05) is 24.2 Å². The standard InChI is InChI=1S/C23H32N2O4S/c1-16(2)14-21(19-10-12-20(29-5)13-11-19)24-22(26)15-25(30(6,27)28)23-17(3)8-7-9-18(23)4/h7-13,16,21H,14-15H2,1-6H3,(H,24,26)/t21-/m1/s1. The monoisotopic (exact) mass is 432 g/mol. The first kappa shape index (κ1) is 23.7. The molecule has 1 amide bonds. The van der Waals surface area contributed by atoms with E-state index in [0.717, 1.165) is 35.1 Å². The normalized spacial score (nSPS) is 12.5. The number of hydrogen-bond donors (Lipinski definition) is 1. The number of anilines is 1. The smallest absolute Gasteiger partial charge is 0.241 e. The second kappa shape index (κ2) is 9.98. The molecule has 0 fully saturated rings. The van der Waals surface area contributed by atoms with Crippen molar-refractivity contribution in [1.82, 2.24) is 5.32 Å². The largest absolute Gasteiger partial charge is 0.497 e. The summed E-state index contributed by atoms with van der Waals surface area (Å²) in [5.74, 6) is 0.748. The van der Waals surface area contributed by atoms with E-state index in [1.165, 1.54) is 4.31 Å². The minimum absolute atomic E-state index is 0.220. The molecule has 0 aliphatic heterocycles. The highest BCUT2D eigenvalue weighted by atomic mass is 32.2. The van der Waals surface area contributed by atoms with Crippen LogP contribution in [0, 0.1) is 19.8 Å². The van der Waals surface area contributed by atoms with Crippen LogP contribution in [-0.2, 0) is 14.8 Å². The molecule has 1 N–H and O–H groups in total. The third-order valence-electron chi connectivity index (χ3n) is 4.94. The number of para-hydroxylation sites is 1. The van der Waals surface area contributed by atoms with Crippen molar-refractivity contribution in [3.8, 4) is 5.75 Å². The first-order valence-electron chi connectivity index (χ1n) is 10.00. The number of sulfonamides is 1. The molecule has 2 rings (SSSR count). The van der Waals surface area contributed by atoms with Crippen LogP contribution < -0.4 is 14.4 Å². The molecule has 7 heteroatoms. The van der Waals surface area contributed by atoms with Crippen LogP contribution in [0.1, 0.15) is 43.0 Å². The Hall–Kier alpha value is -2.54. The maximum Gasteiger partial charge on any atom is 0.241 e. The predicted molar refractivity (Wildman–Crippen MR) is 121 cm³/mol. The maximum absolute atomic E-state index is 12.9. The average Bonchev–Trinajstić information content (AvgIpc) is 2.65. The Balaban J connectivity index is 2.28. The number of rotatable bonds is 9. The first-order valence-corrected chi connectivity index (χ1v) is 11.8. The van der Waals surface area contributed by atoms with E-state index >= 15 is 0 Å². The zero-order chi connectivity index (χ0) is 22.5. The lowest BCUT2D eigenvalue weighted by atomic mass is 9.97. The predicted octanol–water partition coefficient (Wildman–Crippen LogP) is 3.98. The van der Waals surface area contributed by atoms with Crippen LogP contribution >= 0.6 is 0 Å². The van der Waals surface area contributed by atoms with Gasteiger partial charge < -0.3 is 10.1 Å². The number of methoxy groups -OCH3 is 1. The van der Waals surface area contributed by atoms with Gasteiger partial charge in [0.2, 0.25) is 15.9 Å². The third kappa shape index (κ3) is 6.23. The van der Waals surface area contributed by atoms with E-state index in [4.69, 9.17) is 4.74 Å². The number of ether oxygens (including phenoxy) is 1. The van der Waals surface area contributed by atoms with Crippen LogP contribution in [-0.4, -0.2) is 34.2 Å². The van der Waals surface area contributed by atoms with E-state index in [1.807, 2.05) is 56.3 Å². The fraction of sp³-hybridized carbons (Fsp3) is 0.435. The highest BCUT2D eigenvalue weighted by molar-refractivity contribution is 7.92. The van der Waals surface area contributed by atoms with Crippen molar-refractivity contribution < 1.29 is 17.9 Å². The molecule has 0 spiro atoms. The van der Waals surface area contributed by atoms with Gasteiger partial charge in [-0.3, -0.25) is 9.10 Å². The zero-order valence-corrected chi connectivity index (χ0v) is 19.4. The van der Waals surface area contributed by atoms with Gasteiger partial charge in [-0.05, 0) is 55.0 Å². The topological polar surface area (TPSA) is 75.7 Å². The number of aryl methyl sites for hydroxylation is 2. The molecule has 0 unspecified atom stereocenters. The Morgan fingerprint density at radius 3 is 2.10 bits per heavy atom. The summed E-state index contributed by atoms with van der Waals surface area (Å²) in [6, 6.07) is 12.9. The van der Waals surface area contributed by atoms with Crippen molar-refractivity contribution in [3.05, 3.63) is 59.2 Å². The number of hydrogen-bond acceptors (Lipinski definition) is 4. The van der Waals surface area contributed by atoms with Crippen LogP contribution in [0.25, 0.3) is 0 Å². The van der Waals surface area contributed by atoms with Gasteiger partial charge >= 0.3 is 0 Å². The summed E-state index contributed by atoms with van der Waals surface area (Å²) in [4.78, 5) is 12.9. The summed E-state index contributed by atoms with van der Waals surface area (Å²) in [5.41, 5.74) is 3.13. The van der Waals surface area contributed by atoms with Gasteiger partial charge in [0, 0.05) is 0 Å². The fourth-order valence-electron chi connectivity index (χ4n) is 3.52. The molecule has 1 atom stereocenters. The van der Waals surface area contributed by atoms with Crippen LogP contribution in [0.2, 0.25) is 0 Å². The molecule has 0 radical (unpaired) electrons. The second-order valence-corrected chi connectivity index (χ2v) is 9.94. The zero-order valence-electron chi connectivity index (χ0n) is 18.6. The lowest BCUT2D eigenvalue weighted by Crippen LogP contribution is -2.42. The van der Waals surface area contributed by atoms with Crippen molar-refractivity contribution >= 4 is 21.6 Å². The molecule has 0 saturated heterocycles. The van der Waals surface area contributed by atoms with Gasteiger partial charge in [-0.15, -0.1) is 0 Å². The molecule has 0 aliphatic rings. The van der Waals surface area contributed by atoms with Crippen LogP contribution in [0.15, 0.2) is 42.5 Å². The van der Waals surface area contributed by atoms with Crippen molar-refractivity contribution in [2.24, 2.45) is 5.92 Å². The van der Waals surface area contributed by atoms with E-state index in [-0.39, 0.29) is 18.5 Å². The molecular formula is C23H32N2O4S. The lowest BCUT2D eigenvalue weighted by molar-refractivity contribution is -0.120. The second-order valence-electron chi connectivity index (χ2n) is 8.03. The van der Waals surface area contributed by atoms with Crippen molar-refractivity contribution in [2.45, 2.75) is 40.2 Å². The molecule has 30 heavy (non-hydrogen) atoms. The van der Waals surface area contributed by atoms with E-state index in [0.29, 0.717) is 11.6 Å². The van der Waals surface area contributed by atoms with E-state index in [9.17, 15) is 13.2 Å². The molecule has 0 bridgehead atoms. The number of carbonyl (C=O) groups is 1. The number of carbonyl (C=O) groups excluding carboxylic acids is 1. The Labute approximate surface area is 180 Å². The third-order valence-corrected chi connectivity index (χ3v) is 6.05. The molecule has 0 heterocycles. The van der Waals surface area contributed by atoms with Crippen LogP contribution in [0.4, 0.5) is 5.69 Å². The molecule has 0 aromatic heterocycles. The average molecular weight is 433 g/mol. The van der Waals surface area contributed by atoms with Gasteiger partial charge in [0.05, 0.1) is 25.1 Å². The molecule has 0 aliphatic carbocycles. The number of amides is 1. The summed E-state index contributed by atoms with van der Waals surface area (Å²) >= 11 is 0. The summed E-state index contributed by atoms with van der Waals surface area (Å²) < 4.78 is 31.4. The molecule has 2 aromatic carbocycles. The Morgan fingerprint density at radius 2 is 1.63 bits per heavy atom. The van der Waals surface area contributed by atoms with Gasteiger partial charge in [-0.25, -0.2) is 8.42 Å². The summed E-state index contributed by atoms with van der Waals surface area (Å²) in [6.45, 7) is 7.59. The van der Waals surface area contributed by atoms with Crippen molar-refractivity contribution in [3.63, 3.8) is 0 Å². The lowest BCUT2D eigenvalue weighted by Gasteiger charge is -2.27. The highest BCUT2D eigenvalue weighted by Gasteiger charge is 2.25. The van der Waals surface area contributed by atoms with Crippen molar-refractivity contribution in [1.29, 1.82) is 0 Å². The minimum Gasteiger partial charge on any atom is -0.497 e. The fourth-order valence-corrected chi connectivity index (χ4v) is 4.49.